The fourth-order valence-corrected chi connectivity index (χ4v) is 2.68. The first-order chi connectivity index (χ1) is 8.40. The normalized spacial score (nSPS) is 10.7. The van der Waals surface area contributed by atoms with Gasteiger partial charge in [0.1, 0.15) is 5.75 Å². The van der Waals surface area contributed by atoms with E-state index in [1.165, 1.54) is 27.8 Å². The molecule has 18 heavy (non-hydrogen) atoms. The van der Waals surface area contributed by atoms with Gasteiger partial charge in [0.25, 0.3) is 0 Å². The summed E-state index contributed by atoms with van der Waals surface area (Å²) in [7, 11) is 0. The summed E-state index contributed by atoms with van der Waals surface area (Å²) >= 11 is 0. The minimum atomic E-state index is 0.374. The van der Waals surface area contributed by atoms with Gasteiger partial charge in [-0.25, -0.2) is 0 Å². The molecule has 1 N–H and O–H groups in total. The Morgan fingerprint density at radius 1 is 0.667 bits per heavy atom. The quantitative estimate of drug-likeness (QED) is 0.772. The molecule has 0 aromatic heterocycles. The molecule has 0 saturated carbocycles. The molecule has 2 rings (SSSR count). The van der Waals surface area contributed by atoms with Gasteiger partial charge < -0.3 is 5.11 Å². The van der Waals surface area contributed by atoms with Crippen LogP contribution in [0.1, 0.15) is 27.8 Å². The van der Waals surface area contributed by atoms with Crippen LogP contribution in [-0.4, -0.2) is 5.11 Å². The van der Waals surface area contributed by atoms with Crippen molar-refractivity contribution in [1.29, 1.82) is 0 Å². The third-order valence-corrected chi connectivity index (χ3v) is 3.49. The zero-order valence-electron chi connectivity index (χ0n) is 11.8. The van der Waals surface area contributed by atoms with Gasteiger partial charge in [0.15, 0.2) is 0 Å². The van der Waals surface area contributed by atoms with Gasteiger partial charge in [-0.05, 0) is 80.1 Å². The van der Waals surface area contributed by atoms with E-state index in [0.717, 1.165) is 11.1 Å². The van der Waals surface area contributed by atoms with E-state index < -0.39 is 0 Å². The van der Waals surface area contributed by atoms with E-state index in [-0.39, 0.29) is 0 Å². The van der Waals surface area contributed by atoms with Crippen molar-refractivity contribution >= 4 is 0 Å². The van der Waals surface area contributed by atoms with E-state index >= 15 is 0 Å². The lowest BCUT2D eigenvalue weighted by molar-refractivity contribution is 0.471. The highest BCUT2D eigenvalue weighted by molar-refractivity contribution is 5.75. The molecule has 0 radical (unpaired) electrons. The number of rotatable bonds is 1. The predicted octanol–water partition coefficient (Wildman–Crippen LogP) is 4.60. The van der Waals surface area contributed by atoms with Crippen molar-refractivity contribution in [3.05, 3.63) is 52.1 Å². The minimum Gasteiger partial charge on any atom is -0.508 e. The molecular formula is C17H20O. The number of phenols is 1. The Morgan fingerprint density at radius 3 is 1.78 bits per heavy atom. The maximum absolute atomic E-state index is 9.75. The van der Waals surface area contributed by atoms with Crippen molar-refractivity contribution in [1.82, 2.24) is 0 Å². The fourth-order valence-electron chi connectivity index (χ4n) is 2.68. The van der Waals surface area contributed by atoms with Crippen LogP contribution in [0, 0.1) is 34.6 Å². The van der Waals surface area contributed by atoms with Gasteiger partial charge in [-0.15, -0.1) is 0 Å². The van der Waals surface area contributed by atoms with Gasteiger partial charge in [-0.1, -0.05) is 17.7 Å². The lowest BCUT2D eigenvalue weighted by Gasteiger charge is -2.15. The maximum atomic E-state index is 9.75. The molecule has 0 saturated heterocycles. The molecule has 0 unspecified atom stereocenters. The molecule has 0 aliphatic carbocycles. The molecular weight excluding hydrogens is 220 g/mol. The van der Waals surface area contributed by atoms with Crippen LogP contribution in [-0.2, 0) is 0 Å². The van der Waals surface area contributed by atoms with E-state index in [1.807, 2.05) is 19.9 Å². The number of benzene rings is 2. The van der Waals surface area contributed by atoms with Gasteiger partial charge in [0.2, 0.25) is 0 Å². The SMILES string of the molecule is Cc1cc(C)c(-c2cc(C)c(O)cc2C)c(C)c1. The topological polar surface area (TPSA) is 20.2 Å². The first kappa shape index (κ1) is 12.7. The Hall–Kier alpha value is -1.76. The molecule has 2 aromatic carbocycles. The third kappa shape index (κ3) is 2.13. The van der Waals surface area contributed by atoms with Crippen molar-refractivity contribution < 1.29 is 5.11 Å². The number of hydrogen-bond acceptors (Lipinski definition) is 1. The summed E-state index contributed by atoms with van der Waals surface area (Å²) in [5, 5.41) is 9.75. The zero-order chi connectivity index (χ0) is 13.4. The van der Waals surface area contributed by atoms with Crippen LogP contribution in [0.2, 0.25) is 0 Å². The standard InChI is InChI=1S/C17H20O/c1-10-6-13(4)17(14(5)7-10)15-8-12(3)16(18)9-11(15)2/h6-9,18H,1-5H3. The average Bonchev–Trinajstić information content (AvgIpc) is 2.24. The summed E-state index contributed by atoms with van der Waals surface area (Å²) in [4.78, 5) is 0. The summed E-state index contributed by atoms with van der Waals surface area (Å²) in [5.74, 6) is 0.374. The lowest BCUT2D eigenvalue weighted by atomic mass is 9.90. The maximum Gasteiger partial charge on any atom is 0.118 e. The van der Waals surface area contributed by atoms with Crippen molar-refractivity contribution in [3.8, 4) is 16.9 Å². The first-order valence-electron chi connectivity index (χ1n) is 6.28. The molecule has 0 fully saturated rings. The number of phenolic OH excluding ortho intramolecular Hbond substituents is 1. The van der Waals surface area contributed by atoms with Crippen LogP contribution >= 0.6 is 0 Å². The van der Waals surface area contributed by atoms with Gasteiger partial charge in [0.05, 0.1) is 0 Å². The molecule has 0 amide bonds. The van der Waals surface area contributed by atoms with E-state index in [9.17, 15) is 5.11 Å². The molecule has 0 heterocycles. The van der Waals surface area contributed by atoms with E-state index in [0.29, 0.717) is 5.75 Å². The zero-order valence-corrected chi connectivity index (χ0v) is 11.8. The minimum absolute atomic E-state index is 0.374. The van der Waals surface area contributed by atoms with E-state index in [4.69, 9.17) is 0 Å². The Kier molecular flexibility index (Phi) is 3.16. The molecule has 0 spiro atoms. The molecule has 94 valence electrons. The first-order valence-corrected chi connectivity index (χ1v) is 6.28. The molecule has 2 aromatic rings. The third-order valence-electron chi connectivity index (χ3n) is 3.49. The lowest BCUT2D eigenvalue weighted by Crippen LogP contribution is -1.93. The molecule has 0 bridgehead atoms. The molecule has 1 heteroatoms. The van der Waals surface area contributed by atoms with Crippen LogP contribution in [0.25, 0.3) is 11.1 Å². The van der Waals surface area contributed by atoms with Crippen molar-refractivity contribution in [2.45, 2.75) is 34.6 Å². The number of aromatic hydroxyl groups is 1. The van der Waals surface area contributed by atoms with Crippen molar-refractivity contribution in [3.63, 3.8) is 0 Å². The molecule has 1 nitrogen and oxygen atoms in total. The highest BCUT2D eigenvalue weighted by Gasteiger charge is 2.11. The second kappa shape index (κ2) is 4.49. The van der Waals surface area contributed by atoms with Crippen LogP contribution in [0.15, 0.2) is 24.3 Å². The molecule has 0 atom stereocenters. The monoisotopic (exact) mass is 240 g/mol. The van der Waals surface area contributed by atoms with Crippen LogP contribution in [0.5, 0.6) is 5.75 Å². The van der Waals surface area contributed by atoms with Gasteiger partial charge >= 0.3 is 0 Å². The van der Waals surface area contributed by atoms with Gasteiger partial charge in [-0.2, -0.15) is 0 Å². The smallest absolute Gasteiger partial charge is 0.118 e. The van der Waals surface area contributed by atoms with Crippen molar-refractivity contribution in [2.24, 2.45) is 0 Å². The second-order valence-electron chi connectivity index (χ2n) is 5.23. The summed E-state index contributed by atoms with van der Waals surface area (Å²) < 4.78 is 0. The second-order valence-corrected chi connectivity index (χ2v) is 5.23. The Morgan fingerprint density at radius 2 is 1.22 bits per heavy atom. The Balaban J connectivity index is 2.73. The summed E-state index contributed by atoms with van der Waals surface area (Å²) in [6.07, 6.45) is 0. The van der Waals surface area contributed by atoms with Gasteiger partial charge in [-0.3, -0.25) is 0 Å². The molecule has 0 aliphatic rings. The Labute approximate surface area is 109 Å². The van der Waals surface area contributed by atoms with Crippen molar-refractivity contribution in [2.75, 3.05) is 0 Å². The largest absolute Gasteiger partial charge is 0.508 e. The molecule has 0 aliphatic heterocycles. The van der Waals surface area contributed by atoms with E-state index in [1.54, 1.807) is 0 Å². The Bertz CT molecular complexity index is 586. The summed E-state index contributed by atoms with van der Waals surface area (Å²) in [6.45, 7) is 10.4. The predicted molar refractivity (Wildman–Crippen MR) is 77.2 cm³/mol. The van der Waals surface area contributed by atoms with Crippen LogP contribution in [0.3, 0.4) is 0 Å². The highest BCUT2D eigenvalue weighted by atomic mass is 16.3. The van der Waals surface area contributed by atoms with Crippen LogP contribution in [0.4, 0.5) is 0 Å². The highest BCUT2D eigenvalue weighted by Crippen LogP contribution is 2.34. The van der Waals surface area contributed by atoms with Gasteiger partial charge in [0, 0.05) is 0 Å². The fraction of sp³-hybridized carbons (Fsp3) is 0.294. The summed E-state index contributed by atoms with van der Waals surface area (Å²) in [5.41, 5.74) is 8.44. The average molecular weight is 240 g/mol. The van der Waals surface area contributed by atoms with Crippen LogP contribution < -0.4 is 0 Å². The number of hydrogen-bond donors (Lipinski definition) is 1. The van der Waals surface area contributed by atoms with E-state index in [2.05, 4.69) is 39.0 Å². The summed E-state index contributed by atoms with van der Waals surface area (Å²) in [6, 6.07) is 8.35. The number of aryl methyl sites for hydroxylation is 5.